The predicted octanol–water partition coefficient (Wildman–Crippen LogP) is 1.08. The van der Waals surface area contributed by atoms with Gasteiger partial charge in [0.2, 0.25) is 0 Å². The summed E-state index contributed by atoms with van der Waals surface area (Å²) >= 11 is 1.74. The third kappa shape index (κ3) is 3.23. The Morgan fingerprint density at radius 1 is 1.19 bits per heavy atom. The Bertz CT molecular complexity index is 429. The maximum atomic E-state index is 6.23. The van der Waals surface area contributed by atoms with Crippen molar-refractivity contribution < 1.29 is 0 Å². The van der Waals surface area contributed by atoms with Gasteiger partial charge in [-0.25, -0.2) is 4.98 Å². The van der Waals surface area contributed by atoms with Crippen molar-refractivity contribution in [3.8, 4) is 0 Å². The third-order valence-corrected chi connectivity index (χ3v) is 5.99. The second-order valence-electron chi connectivity index (χ2n) is 6.37. The first-order valence-corrected chi connectivity index (χ1v) is 8.90. The molecular weight excluding hydrogens is 282 g/mol. The van der Waals surface area contributed by atoms with Crippen LogP contribution in [0.4, 0.5) is 5.13 Å². The Hall–Kier alpha value is -0.690. The monoisotopic (exact) mass is 309 g/mol. The molecule has 21 heavy (non-hydrogen) atoms. The molecule has 1 aromatic rings. The molecule has 0 aromatic carbocycles. The Morgan fingerprint density at radius 2 is 2.00 bits per heavy atom. The number of nitrogens with two attached hydrogens (primary N) is 1. The number of piperazine rings is 1. The van der Waals surface area contributed by atoms with Crippen molar-refractivity contribution in [2.24, 2.45) is 5.73 Å². The standard InChI is InChI=1S/C15H27N5S/c1-18-6-2-3-15(13-16,4-7-18)20-10-8-19(9-11-20)14-17-5-12-21-14/h5,12H,2-4,6-11,13,16H2,1H3. The first-order valence-electron chi connectivity index (χ1n) is 8.02. The van der Waals surface area contributed by atoms with Crippen LogP contribution in [0.5, 0.6) is 0 Å². The summed E-state index contributed by atoms with van der Waals surface area (Å²) in [5, 5.41) is 3.22. The van der Waals surface area contributed by atoms with E-state index in [9.17, 15) is 0 Å². The number of likely N-dealkylation sites (tertiary alicyclic amines) is 1. The third-order valence-electron chi connectivity index (χ3n) is 5.16. The predicted molar refractivity (Wildman–Crippen MR) is 89.0 cm³/mol. The minimum atomic E-state index is 0.222. The number of hydrogen-bond donors (Lipinski definition) is 1. The highest BCUT2D eigenvalue weighted by atomic mass is 32.1. The molecule has 118 valence electrons. The quantitative estimate of drug-likeness (QED) is 0.905. The van der Waals surface area contributed by atoms with Gasteiger partial charge in [-0.15, -0.1) is 11.3 Å². The van der Waals surface area contributed by atoms with Gasteiger partial charge in [0.25, 0.3) is 0 Å². The fourth-order valence-electron chi connectivity index (χ4n) is 3.71. The van der Waals surface area contributed by atoms with E-state index in [4.69, 9.17) is 5.73 Å². The molecule has 1 atom stereocenters. The molecule has 5 nitrogen and oxygen atoms in total. The van der Waals surface area contributed by atoms with Gasteiger partial charge in [0.05, 0.1) is 0 Å². The van der Waals surface area contributed by atoms with E-state index in [0.717, 1.165) is 37.9 Å². The van der Waals surface area contributed by atoms with E-state index in [1.54, 1.807) is 11.3 Å². The van der Waals surface area contributed by atoms with Crippen molar-refractivity contribution in [3.63, 3.8) is 0 Å². The summed E-state index contributed by atoms with van der Waals surface area (Å²) in [6, 6.07) is 0. The van der Waals surface area contributed by atoms with Crippen molar-refractivity contribution in [1.29, 1.82) is 0 Å². The van der Waals surface area contributed by atoms with E-state index in [0.29, 0.717) is 0 Å². The summed E-state index contributed by atoms with van der Waals surface area (Å²) < 4.78 is 0. The molecule has 2 aliphatic heterocycles. The topological polar surface area (TPSA) is 48.6 Å². The van der Waals surface area contributed by atoms with Gasteiger partial charge in [0, 0.05) is 49.8 Å². The fourth-order valence-corrected chi connectivity index (χ4v) is 4.40. The first-order chi connectivity index (χ1) is 10.2. The molecule has 0 bridgehead atoms. The van der Waals surface area contributed by atoms with Gasteiger partial charge >= 0.3 is 0 Å². The van der Waals surface area contributed by atoms with Crippen LogP contribution in [0.15, 0.2) is 11.6 Å². The van der Waals surface area contributed by atoms with Crippen LogP contribution in [0.1, 0.15) is 19.3 Å². The Morgan fingerprint density at radius 3 is 2.67 bits per heavy atom. The van der Waals surface area contributed by atoms with Crippen LogP contribution in [0.3, 0.4) is 0 Å². The molecule has 0 amide bonds. The lowest BCUT2D eigenvalue weighted by molar-refractivity contribution is 0.0725. The molecule has 0 aliphatic carbocycles. The Balaban J connectivity index is 1.64. The lowest BCUT2D eigenvalue weighted by Gasteiger charge is -2.47. The van der Waals surface area contributed by atoms with E-state index in [1.165, 1.54) is 32.4 Å². The Kier molecular flexibility index (Phi) is 4.78. The average molecular weight is 309 g/mol. The molecule has 0 spiro atoms. The summed E-state index contributed by atoms with van der Waals surface area (Å²) in [6.45, 7) is 7.54. The van der Waals surface area contributed by atoms with E-state index in [1.807, 2.05) is 6.20 Å². The van der Waals surface area contributed by atoms with Gasteiger partial charge in [-0.3, -0.25) is 4.90 Å². The first kappa shape index (κ1) is 15.2. The Labute approximate surface area is 131 Å². The molecular formula is C15H27N5S. The maximum absolute atomic E-state index is 6.23. The number of anilines is 1. The highest BCUT2D eigenvalue weighted by molar-refractivity contribution is 7.13. The second kappa shape index (κ2) is 6.60. The summed E-state index contributed by atoms with van der Waals surface area (Å²) in [7, 11) is 2.23. The summed E-state index contributed by atoms with van der Waals surface area (Å²) in [5.74, 6) is 0. The van der Waals surface area contributed by atoms with Crippen LogP contribution in [0.25, 0.3) is 0 Å². The zero-order chi connectivity index (χ0) is 14.7. The molecule has 2 saturated heterocycles. The number of nitrogens with zero attached hydrogens (tertiary/aromatic N) is 4. The molecule has 2 N–H and O–H groups in total. The largest absolute Gasteiger partial charge is 0.346 e. The van der Waals surface area contributed by atoms with E-state index < -0.39 is 0 Å². The number of aromatic nitrogens is 1. The lowest BCUT2D eigenvalue weighted by atomic mass is 9.88. The minimum absolute atomic E-state index is 0.222. The fraction of sp³-hybridized carbons (Fsp3) is 0.800. The van der Waals surface area contributed by atoms with E-state index >= 15 is 0 Å². The van der Waals surface area contributed by atoms with Crippen molar-refractivity contribution in [2.45, 2.75) is 24.8 Å². The van der Waals surface area contributed by atoms with Crippen molar-refractivity contribution >= 4 is 16.5 Å². The molecule has 1 aromatic heterocycles. The number of thiazole rings is 1. The molecule has 1 unspecified atom stereocenters. The van der Waals surface area contributed by atoms with Gasteiger partial charge in [-0.05, 0) is 39.4 Å². The lowest BCUT2D eigenvalue weighted by Crippen LogP contribution is -2.60. The zero-order valence-corrected chi connectivity index (χ0v) is 13.8. The molecule has 3 rings (SSSR count). The molecule has 3 heterocycles. The highest BCUT2D eigenvalue weighted by Crippen LogP contribution is 2.30. The minimum Gasteiger partial charge on any atom is -0.346 e. The summed E-state index contributed by atoms with van der Waals surface area (Å²) in [6.07, 6.45) is 5.61. The number of hydrogen-bond acceptors (Lipinski definition) is 6. The van der Waals surface area contributed by atoms with Crippen LogP contribution < -0.4 is 10.6 Å². The smallest absolute Gasteiger partial charge is 0.185 e. The average Bonchev–Trinajstić information content (AvgIpc) is 2.98. The van der Waals surface area contributed by atoms with Crippen molar-refractivity contribution in [1.82, 2.24) is 14.8 Å². The molecule has 2 fully saturated rings. The summed E-state index contributed by atoms with van der Waals surface area (Å²) in [5.41, 5.74) is 6.45. The van der Waals surface area contributed by atoms with Gasteiger partial charge in [-0.1, -0.05) is 0 Å². The van der Waals surface area contributed by atoms with E-state index in [-0.39, 0.29) is 5.54 Å². The molecule has 0 radical (unpaired) electrons. The van der Waals surface area contributed by atoms with Crippen molar-refractivity contribution in [3.05, 3.63) is 11.6 Å². The molecule has 2 aliphatic rings. The summed E-state index contributed by atoms with van der Waals surface area (Å²) in [4.78, 5) is 12.0. The number of rotatable bonds is 3. The SMILES string of the molecule is CN1CCCC(CN)(N2CCN(c3nccs3)CC2)CC1. The van der Waals surface area contributed by atoms with Crippen LogP contribution in [0.2, 0.25) is 0 Å². The second-order valence-corrected chi connectivity index (χ2v) is 7.25. The zero-order valence-electron chi connectivity index (χ0n) is 13.0. The van der Waals surface area contributed by atoms with Crippen LogP contribution in [-0.2, 0) is 0 Å². The van der Waals surface area contributed by atoms with Crippen molar-refractivity contribution in [2.75, 3.05) is 57.8 Å². The van der Waals surface area contributed by atoms with Gasteiger partial charge in [-0.2, -0.15) is 0 Å². The molecule has 0 saturated carbocycles. The van der Waals surface area contributed by atoms with Gasteiger partial charge < -0.3 is 15.5 Å². The van der Waals surface area contributed by atoms with E-state index in [2.05, 4.69) is 32.1 Å². The van der Waals surface area contributed by atoms with Gasteiger partial charge in [0.1, 0.15) is 0 Å². The normalized spacial score (nSPS) is 29.5. The maximum Gasteiger partial charge on any atom is 0.185 e. The highest BCUT2D eigenvalue weighted by Gasteiger charge is 2.38. The van der Waals surface area contributed by atoms with Crippen LogP contribution >= 0.6 is 11.3 Å². The van der Waals surface area contributed by atoms with Crippen LogP contribution in [0, 0.1) is 0 Å². The van der Waals surface area contributed by atoms with Gasteiger partial charge in [0.15, 0.2) is 5.13 Å². The van der Waals surface area contributed by atoms with Crippen LogP contribution in [-0.4, -0.2) is 73.2 Å². The molecule has 6 heteroatoms.